The number of nitrogens with one attached hydrogen (secondary N) is 2. The number of rotatable bonds is 6. The molecule has 2 amide bonds. The molecule has 27 heavy (non-hydrogen) atoms. The van der Waals surface area contributed by atoms with Crippen LogP contribution < -0.4 is 5.32 Å². The fraction of sp³-hybridized carbons (Fsp3) is 0.619. The van der Waals surface area contributed by atoms with Crippen LogP contribution in [0.4, 0.5) is 4.79 Å². The smallest absolute Gasteiger partial charge is 0.317 e. The van der Waals surface area contributed by atoms with Gasteiger partial charge in [-0.2, -0.15) is 0 Å². The van der Waals surface area contributed by atoms with Crippen molar-refractivity contribution in [1.82, 2.24) is 25.1 Å². The van der Waals surface area contributed by atoms with Crippen molar-refractivity contribution in [1.29, 1.82) is 0 Å². The maximum atomic E-state index is 12.7. The zero-order valence-corrected chi connectivity index (χ0v) is 16.1. The van der Waals surface area contributed by atoms with E-state index in [1.807, 2.05) is 24.3 Å². The van der Waals surface area contributed by atoms with E-state index in [1.165, 1.54) is 32.4 Å². The van der Waals surface area contributed by atoms with E-state index >= 15 is 0 Å². The number of amides is 2. The summed E-state index contributed by atoms with van der Waals surface area (Å²) in [5.74, 6) is 0.996. The van der Waals surface area contributed by atoms with Crippen LogP contribution in [0.1, 0.15) is 44.3 Å². The molecule has 6 heteroatoms. The standard InChI is InChI=1S/C21H31N5O/c27-21(26-15-4-3-8-17(26)16-25-13-5-6-14-25)22-12-7-11-20-23-18-9-1-2-10-19(18)24-20/h1-2,9-10,17H,3-8,11-16H2,(H,22,27)(H,23,24). The number of H-pyrrole nitrogens is 1. The molecular formula is C21H31N5O. The van der Waals surface area contributed by atoms with Crippen LogP contribution in [0.3, 0.4) is 0 Å². The minimum Gasteiger partial charge on any atom is -0.342 e. The second kappa shape index (κ2) is 8.74. The lowest BCUT2D eigenvalue weighted by molar-refractivity contribution is 0.127. The summed E-state index contributed by atoms with van der Waals surface area (Å²) < 4.78 is 0. The van der Waals surface area contributed by atoms with Gasteiger partial charge in [0.2, 0.25) is 0 Å². The van der Waals surface area contributed by atoms with Gasteiger partial charge in [0.25, 0.3) is 0 Å². The van der Waals surface area contributed by atoms with Crippen LogP contribution >= 0.6 is 0 Å². The first-order valence-corrected chi connectivity index (χ1v) is 10.5. The van der Waals surface area contributed by atoms with Gasteiger partial charge in [0.15, 0.2) is 0 Å². The molecule has 146 valence electrons. The monoisotopic (exact) mass is 369 g/mol. The lowest BCUT2D eigenvalue weighted by Gasteiger charge is -2.37. The van der Waals surface area contributed by atoms with E-state index in [9.17, 15) is 4.79 Å². The maximum absolute atomic E-state index is 12.7. The molecule has 1 aromatic heterocycles. The van der Waals surface area contributed by atoms with Gasteiger partial charge in [-0.05, 0) is 63.7 Å². The minimum atomic E-state index is 0.114. The summed E-state index contributed by atoms with van der Waals surface area (Å²) in [6.45, 7) is 5.04. The number of benzene rings is 1. The first kappa shape index (κ1) is 18.3. The summed E-state index contributed by atoms with van der Waals surface area (Å²) in [7, 11) is 0. The number of aromatic amines is 1. The number of urea groups is 1. The van der Waals surface area contributed by atoms with Crippen molar-refractivity contribution in [2.45, 2.75) is 51.0 Å². The predicted molar refractivity (Wildman–Crippen MR) is 108 cm³/mol. The summed E-state index contributed by atoms with van der Waals surface area (Å²) in [5.41, 5.74) is 2.09. The molecule has 6 nitrogen and oxygen atoms in total. The highest BCUT2D eigenvalue weighted by molar-refractivity contribution is 5.75. The number of likely N-dealkylation sites (tertiary alicyclic amines) is 2. The molecule has 2 N–H and O–H groups in total. The van der Waals surface area contributed by atoms with Gasteiger partial charge < -0.3 is 20.1 Å². The summed E-state index contributed by atoms with van der Waals surface area (Å²) >= 11 is 0. The summed E-state index contributed by atoms with van der Waals surface area (Å²) in [6.07, 6.45) is 7.88. The molecule has 0 spiro atoms. The average molecular weight is 370 g/mol. The van der Waals surface area contributed by atoms with Gasteiger partial charge in [-0.25, -0.2) is 9.78 Å². The fourth-order valence-electron chi connectivity index (χ4n) is 4.40. The molecule has 2 saturated heterocycles. The topological polar surface area (TPSA) is 64.3 Å². The van der Waals surface area contributed by atoms with E-state index in [4.69, 9.17) is 0 Å². The minimum absolute atomic E-state index is 0.114. The second-order valence-corrected chi connectivity index (χ2v) is 7.89. The van der Waals surface area contributed by atoms with Crippen LogP contribution in [0.15, 0.2) is 24.3 Å². The molecule has 2 aliphatic rings. The number of fused-ring (bicyclic) bond motifs is 1. The van der Waals surface area contributed by atoms with E-state index in [0.29, 0.717) is 12.6 Å². The molecular weight excluding hydrogens is 338 g/mol. The fourth-order valence-corrected chi connectivity index (χ4v) is 4.40. The number of para-hydroxylation sites is 2. The van der Waals surface area contributed by atoms with E-state index in [0.717, 1.165) is 55.6 Å². The second-order valence-electron chi connectivity index (χ2n) is 7.89. The van der Waals surface area contributed by atoms with E-state index < -0.39 is 0 Å². The number of hydrogen-bond acceptors (Lipinski definition) is 3. The van der Waals surface area contributed by atoms with E-state index in [1.54, 1.807) is 0 Å². The molecule has 1 unspecified atom stereocenters. The largest absolute Gasteiger partial charge is 0.342 e. The molecule has 2 aromatic rings. The normalized spacial score (nSPS) is 21.0. The predicted octanol–water partition coefficient (Wildman–Crippen LogP) is 3.16. The quantitative estimate of drug-likeness (QED) is 0.769. The number of hydrogen-bond donors (Lipinski definition) is 2. The highest BCUT2D eigenvalue weighted by atomic mass is 16.2. The Morgan fingerprint density at radius 2 is 1.96 bits per heavy atom. The van der Waals surface area contributed by atoms with Gasteiger partial charge in [-0.1, -0.05) is 12.1 Å². The molecule has 0 saturated carbocycles. The van der Waals surface area contributed by atoms with Crippen LogP contribution in [0.2, 0.25) is 0 Å². The number of aryl methyl sites for hydroxylation is 1. The number of carbonyl (C=O) groups excluding carboxylic acids is 1. The third-order valence-electron chi connectivity index (χ3n) is 5.86. The third-order valence-corrected chi connectivity index (χ3v) is 5.86. The molecule has 1 aromatic carbocycles. The number of carbonyl (C=O) groups is 1. The maximum Gasteiger partial charge on any atom is 0.317 e. The van der Waals surface area contributed by atoms with Crippen molar-refractivity contribution < 1.29 is 4.79 Å². The molecule has 0 aliphatic carbocycles. The van der Waals surface area contributed by atoms with Gasteiger partial charge in [0.05, 0.1) is 11.0 Å². The Morgan fingerprint density at radius 1 is 1.15 bits per heavy atom. The number of nitrogens with zero attached hydrogens (tertiary/aromatic N) is 3. The van der Waals surface area contributed by atoms with Gasteiger partial charge in [-0.3, -0.25) is 0 Å². The summed E-state index contributed by atoms with van der Waals surface area (Å²) in [5, 5.41) is 3.14. The first-order valence-electron chi connectivity index (χ1n) is 10.5. The molecule has 0 bridgehead atoms. The van der Waals surface area contributed by atoms with E-state index in [2.05, 4.69) is 25.1 Å². The van der Waals surface area contributed by atoms with Crippen LogP contribution in [0.5, 0.6) is 0 Å². The Morgan fingerprint density at radius 3 is 2.81 bits per heavy atom. The van der Waals surface area contributed by atoms with Crippen LogP contribution in [-0.4, -0.2) is 64.6 Å². The first-order chi connectivity index (χ1) is 13.3. The Kier molecular flexibility index (Phi) is 5.92. The number of aromatic nitrogens is 2. The molecule has 3 heterocycles. The van der Waals surface area contributed by atoms with Crippen molar-refractivity contribution in [2.75, 3.05) is 32.7 Å². The number of piperidine rings is 1. The number of imidazole rings is 1. The van der Waals surface area contributed by atoms with Crippen LogP contribution in [0.25, 0.3) is 11.0 Å². The zero-order valence-electron chi connectivity index (χ0n) is 16.1. The van der Waals surface area contributed by atoms with Gasteiger partial charge in [0, 0.05) is 32.1 Å². The Bertz CT molecular complexity index is 719. The van der Waals surface area contributed by atoms with Crippen molar-refractivity contribution in [3.63, 3.8) is 0 Å². The third kappa shape index (κ3) is 4.61. The van der Waals surface area contributed by atoms with Crippen LogP contribution in [-0.2, 0) is 6.42 Å². The van der Waals surface area contributed by atoms with Gasteiger partial charge >= 0.3 is 6.03 Å². The molecule has 2 aliphatic heterocycles. The Hall–Kier alpha value is -2.08. The molecule has 2 fully saturated rings. The summed E-state index contributed by atoms with van der Waals surface area (Å²) in [4.78, 5) is 25.3. The van der Waals surface area contributed by atoms with Crippen molar-refractivity contribution in [2.24, 2.45) is 0 Å². The van der Waals surface area contributed by atoms with Crippen molar-refractivity contribution in [3.8, 4) is 0 Å². The highest BCUT2D eigenvalue weighted by Crippen LogP contribution is 2.20. The molecule has 4 rings (SSSR count). The highest BCUT2D eigenvalue weighted by Gasteiger charge is 2.28. The molecule has 0 radical (unpaired) electrons. The molecule has 1 atom stereocenters. The van der Waals surface area contributed by atoms with Gasteiger partial charge in [-0.15, -0.1) is 0 Å². The van der Waals surface area contributed by atoms with E-state index in [-0.39, 0.29) is 6.03 Å². The van der Waals surface area contributed by atoms with Gasteiger partial charge in [0.1, 0.15) is 5.82 Å². The lowest BCUT2D eigenvalue weighted by Crippen LogP contribution is -2.52. The Labute approximate surface area is 161 Å². The van der Waals surface area contributed by atoms with Crippen molar-refractivity contribution in [3.05, 3.63) is 30.1 Å². The van der Waals surface area contributed by atoms with Crippen molar-refractivity contribution >= 4 is 17.1 Å². The Balaban J connectivity index is 1.23. The summed E-state index contributed by atoms with van der Waals surface area (Å²) in [6, 6.07) is 8.58. The van der Waals surface area contributed by atoms with Crippen LogP contribution in [0, 0.1) is 0 Å². The lowest BCUT2D eigenvalue weighted by atomic mass is 10.0. The average Bonchev–Trinajstić information content (AvgIpc) is 3.34. The SMILES string of the molecule is O=C(NCCCc1nc2ccccc2[nH]1)N1CCCCC1CN1CCCC1. The zero-order chi connectivity index (χ0) is 18.5.